The van der Waals surface area contributed by atoms with E-state index in [0.717, 1.165) is 31.0 Å². The number of nitrogens with zero attached hydrogens (tertiary/aromatic N) is 2. The molecular weight excluding hydrogens is 284 g/mol. The molecule has 0 aromatic heterocycles. The van der Waals surface area contributed by atoms with Crippen LogP contribution < -0.4 is 10.6 Å². The predicted octanol–water partition coefficient (Wildman–Crippen LogP) is 3.50. The van der Waals surface area contributed by atoms with Gasteiger partial charge in [-0.3, -0.25) is 0 Å². The van der Waals surface area contributed by atoms with Gasteiger partial charge in [-0.05, 0) is 56.7 Å². The molecule has 1 aromatic carbocycles. The third kappa shape index (κ3) is 6.15. The minimum absolute atomic E-state index is 0.577. The Morgan fingerprint density at radius 2 is 2.22 bits per heavy atom. The second kappa shape index (κ2) is 9.68. The summed E-state index contributed by atoms with van der Waals surface area (Å²) in [4.78, 5) is 4.61. The van der Waals surface area contributed by atoms with E-state index >= 15 is 0 Å². The molecule has 23 heavy (non-hydrogen) atoms. The van der Waals surface area contributed by atoms with Crippen molar-refractivity contribution in [3.8, 4) is 6.07 Å². The van der Waals surface area contributed by atoms with Crippen LogP contribution in [0.3, 0.4) is 0 Å². The molecule has 0 aliphatic heterocycles. The molecule has 1 aliphatic rings. The van der Waals surface area contributed by atoms with Gasteiger partial charge in [-0.25, -0.2) is 4.99 Å². The Hall–Kier alpha value is -2.28. The van der Waals surface area contributed by atoms with Crippen LogP contribution >= 0.6 is 0 Å². The maximum Gasteiger partial charge on any atom is 0.191 e. The van der Waals surface area contributed by atoms with Crippen LogP contribution in [0.1, 0.15) is 50.2 Å². The fourth-order valence-electron chi connectivity index (χ4n) is 2.72. The first-order valence-corrected chi connectivity index (χ1v) is 8.51. The highest BCUT2D eigenvalue weighted by Crippen LogP contribution is 2.19. The number of aliphatic imine (C=N–C) groups is 1. The van der Waals surface area contributed by atoms with Crippen molar-refractivity contribution in [1.82, 2.24) is 10.6 Å². The minimum atomic E-state index is 0.577. The van der Waals surface area contributed by atoms with Crippen molar-refractivity contribution in [1.29, 1.82) is 5.26 Å². The molecule has 0 saturated carbocycles. The summed E-state index contributed by atoms with van der Waals surface area (Å²) >= 11 is 0. The van der Waals surface area contributed by atoms with Crippen LogP contribution in [0.5, 0.6) is 0 Å². The van der Waals surface area contributed by atoms with Crippen molar-refractivity contribution in [2.75, 3.05) is 13.1 Å². The second-order valence-corrected chi connectivity index (χ2v) is 5.79. The van der Waals surface area contributed by atoms with Crippen molar-refractivity contribution in [2.24, 2.45) is 4.99 Å². The van der Waals surface area contributed by atoms with Crippen LogP contribution in [0.4, 0.5) is 0 Å². The molecule has 0 fully saturated rings. The van der Waals surface area contributed by atoms with Crippen LogP contribution in [-0.2, 0) is 6.54 Å². The highest BCUT2D eigenvalue weighted by Gasteiger charge is 2.04. The van der Waals surface area contributed by atoms with Gasteiger partial charge in [-0.2, -0.15) is 5.26 Å². The normalized spacial score (nSPS) is 14.8. The van der Waals surface area contributed by atoms with Gasteiger partial charge in [0.1, 0.15) is 0 Å². The van der Waals surface area contributed by atoms with Crippen molar-refractivity contribution in [3.05, 3.63) is 47.0 Å². The fraction of sp³-hybridized carbons (Fsp3) is 0.474. The molecule has 0 saturated heterocycles. The SMILES string of the molecule is CCNC(=NCc1cccc(C#N)c1)NCCC1=CCCCC1. The molecule has 4 nitrogen and oxygen atoms in total. The van der Waals surface area contributed by atoms with E-state index in [1.807, 2.05) is 24.3 Å². The number of benzene rings is 1. The minimum Gasteiger partial charge on any atom is -0.357 e. The van der Waals surface area contributed by atoms with E-state index in [-0.39, 0.29) is 0 Å². The Labute approximate surface area is 139 Å². The topological polar surface area (TPSA) is 60.2 Å². The van der Waals surface area contributed by atoms with Gasteiger partial charge >= 0.3 is 0 Å². The van der Waals surface area contributed by atoms with Crippen molar-refractivity contribution in [2.45, 2.75) is 45.6 Å². The number of hydrogen-bond donors (Lipinski definition) is 2. The maximum absolute atomic E-state index is 8.95. The summed E-state index contributed by atoms with van der Waals surface area (Å²) in [5.74, 6) is 0.839. The average Bonchev–Trinajstić information content (AvgIpc) is 2.61. The van der Waals surface area contributed by atoms with Gasteiger partial charge in [0, 0.05) is 13.1 Å². The summed E-state index contributed by atoms with van der Waals surface area (Å²) < 4.78 is 0. The lowest BCUT2D eigenvalue weighted by atomic mass is 9.97. The van der Waals surface area contributed by atoms with Gasteiger partial charge in [-0.15, -0.1) is 0 Å². The largest absolute Gasteiger partial charge is 0.357 e. The van der Waals surface area contributed by atoms with Crippen LogP contribution in [0, 0.1) is 11.3 Å². The summed E-state index contributed by atoms with van der Waals surface area (Å²) in [6.07, 6.45) is 8.63. The third-order valence-corrected chi connectivity index (χ3v) is 3.94. The molecule has 2 rings (SSSR count). The van der Waals surface area contributed by atoms with E-state index in [0.29, 0.717) is 12.1 Å². The molecule has 0 spiro atoms. The molecule has 0 heterocycles. The van der Waals surface area contributed by atoms with E-state index in [1.165, 1.54) is 25.7 Å². The molecule has 0 radical (unpaired) electrons. The van der Waals surface area contributed by atoms with Crippen LogP contribution in [0.25, 0.3) is 0 Å². The first kappa shape index (κ1) is 17.1. The number of nitriles is 1. The molecule has 1 aliphatic carbocycles. The molecule has 0 bridgehead atoms. The van der Waals surface area contributed by atoms with Gasteiger partial charge < -0.3 is 10.6 Å². The van der Waals surface area contributed by atoms with Gasteiger partial charge in [0.25, 0.3) is 0 Å². The Bertz CT molecular complexity index is 596. The monoisotopic (exact) mass is 310 g/mol. The summed E-state index contributed by atoms with van der Waals surface area (Å²) in [6.45, 7) is 4.40. The summed E-state index contributed by atoms with van der Waals surface area (Å²) in [7, 11) is 0. The number of hydrogen-bond acceptors (Lipinski definition) is 2. The molecular formula is C19H26N4. The number of rotatable bonds is 6. The highest BCUT2D eigenvalue weighted by molar-refractivity contribution is 5.79. The van der Waals surface area contributed by atoms with Crippen molar-refractivity contribution in [3.63, 3.8) is 0 Å². The van der Waals surface area contributed by atoms with Gasteiger partial charge in [0.2, 0.25) is 0 Å². The number of allylic oxidation sites excluding steroid dienone is 1. The molecule has 4 heteroatoms. The summed E-state index contributed by atoms with van der Waals surface area (Å²) in [5.41, 5.74) is 3.30. The molecule has 0 amide bonds. The standard InChI is InChI=1S/C19H26N4/c1-2-21-19(22-12-11-16-7-4-3-5-8-16)23-15-18-10-6-9-17(13-18)14-20/h6-7,9-10,13H,2-5,8,11-12,15H2,1H3,(H2,21,22,23). The molecule has 2 N–H and O–H groups in total. The van der Waals surface area contributed by atoms with Gasteiger partial charge in [0.05, 0.1) is 18.2 Å². The third-order valence-electron chi connectivity index (χ3n) is 3.94. The Morgan fingerprint density at radius 3 is 2.96 bits per heavy atom. The van der Waals surface area contributed by atoms with E-state index in [2.05, 4.69) is 34.7 Å². The highest BCUT2D eigenvalue weighted by atomic mass is 15.2. The smallest absolute Gasteiger partial charge is 0.191 e. The molecule has 1 aromatic rings. The first-order chi connectivity index (χ1) is 11.3. The number of guanidine groups is 1. The lowest BCUT2D eigenvalue weighted by molar-refractivity contribution is 0.665. The van der Waals surface area contributed by atoms with Gasteiger partial charge in [-0.1, -0.05) is 23.8 Å². The average molecular weight is 310 g/mol. The molecule has 0 atom stereocenters. The number of nitrogens with one attached hydrogen (secondary N) is 2. The zero-order valence-corrected chi connectivity index (χ0v) is 13.9. The molecule has 122 valence electrons. The van der Waals surface area contributed by atoms with Crippen molar-refractivity contribution < 1.29 is 0 Å². The zero-order valence-electron chi connectivity index (χ0n) is 13.9. The first-order valence-electron chi connectivity index (χ1n) is 8.51. The maximum atomic E-state index is 8.95. The summed E-state index contributed by atoms with van der Waals surface area (Å²) in [6, 6.07) is 9.77. The van der Waals surface area contributed by atoms with Crippen LogP contribution in [-0.4, -0.2) is 19.0 Å². The fourth-order valence-corrected chi connectivity index (χ4v) is 2.72. The zero-order chi connectivity index (χ0) is 16.3. The Kier molecular flexibility index (Phi) is 7.19. The van der Waals surface area contributed by atoms with E-state index in [1.54, 1.807) is 5.57 Å². The predicted molar refractivity (Wildman–Crippen MR) is 95.1 cm³/mol. The Morgan fingerprint density at radius 1 is 1.30 bits per heavy atom. The van der Waals surface area contributed by atoms with Gasteiger partial charge in [0.15, 0.2) is 5.96 Å². The van der Waals surface area contributed by atoms with E-state index < -0.39 is 0 Å². The molecule has 0 unspecified atom stereocenters. The van der Waals surface area contributed by atoms with Crippen LogP contribution in [0.15, 0.2) is 40.9 Å². The second-order valence-electron chi connectivity index (χ2n) is 5.79. The summed E-state index contributed by atoms with van der Waals surface area (Å²) in [5, 5.41) is 15.6. The van der Waals surface area contributed by atoms with Crippen molar-refractivity contribution >= 4 is 5.96 Å². The quantitative estimate of drug-likeness (QED) is 0.480. The van der Waals surface area contributed by atoms with E-state index in [9.17, 15) is 0 Å². The lowest BCUT2D eigenvalue weighted by Gasteiger charge is -2.15. The lowest BCUT2D eigenvalue weighted by Crippen LogP contribution is -2.37. The van der Waals surface area contributed by atoms with E-state index in [4.69, 9.17) is 5.26 Å². The van der Waals surface area contributed by atoms with Crippen LogP contribution in [0.2, 0.25) is 0 Å². The Balaban J connectivity index is 1.86.